The van der Waals surface area contributed by atoms with Crippen molar-refractivity contribution in [2.24, 2.45) is 0 Å². The lowest BCUT2D eigenvalue weighted by Crippen LogP contribution is -2.45. The van der Waals surface area contributed by atoms with Gasteiger partial charge in [0.05, 0.1) is 24.3 Å². The summed E-state index contributed by atoms with van der Waals surface area (Å²) in [5.74, 6) is 1.22. The number of amides is 1. The molecule has 2 N–H and O–H groups in total. The van der Waals surface area contributed by atoms with Gasteiger partial charge in [-0.05, 0) is 48.9 Å². The molecule has 2 heterocycles. The monoisotopic (exact) mass is 442 g/mol. The van der Waals surface area contributed by atoms with Gasteiger partial charge in [0.25, 0.3) is 0 Å². The van der Waals surface area contributed by atoms with Crippen molar-refractivity contribution >= 4 is 11.9 Å². The summed E-state index contributed by atoms with van der Waals surface area (Å²) >= 11 is 0. The highest BCUT2D eigenvalue weighted by molar-refractivity contribution is 5.89. The van der Waals surface area contributed by atoms with Gasteiger partial charge in [-0.15, -0.1) is 0 Å². The SMILES string of the molecule is COc1cccc(-c2cnc(N)nc2[C@@H]2CCCN2C(=O)C2(c3ccccc3)CCCC2)c1. The van der Waals surface area contributed by atoms with Crippen LogP contribution in [0.3, 0.4) is 0 Å². The third kappa shape index (κ3) is 3.84. The summed E-state index contributed by atoms with van der Waals surface area (Å²) in [4.78, 5) is 25.2. The maximum absolute atomic E-state index is 14.2. The van der Waals surface area contributed by atoms with E-state index in [1.54, 1.807) is 13.3 Å². The first-order valence-corrected chi connectivity index (χ1v) is 11.8. The molecule has 1 atom stereocenters. The number of nitrogen functional groups attached to an aromatic ring is 1. The van der Waals surface area contributed by atoms with Crippen molar-refractivity contribution in [1.29, 1.82) is 0 Å². The lowest BCUT2D eigenvalue weighted by molar-refractivity contribution is -0.138. The second-order valence-corrected chi connectivity index (χ2v) is 9.07. The summed E-state index contributed by atoms with van der Waals surface area (Å²) in [6.07, 6.45) is 7.54. The predicted octanol–water partition coefficient (Wildman–Crippen LogP) is 4.91. The zero-order chi connectivity index (χ0) is 22.8. The number of nitrogens with zero attached hydrogens (tertiary/aromatic N) is 3. The minimum absolute atomic E-state index is 0.120. The number of ether oxygens (including phenoxy) is 1. The number of benzene rings is 2. The Morgan fingerprint density at radius 1 is 1.09 bits per heavy atom. The van der Waals surface area contributed by atoms with Gasteiger partial charge in [-0.2, -0.15) is 0 Å². The molecule has 0 bridgehead atoms. The van der Waals surface area contributed by atoms with Crippen molar-refractivity contribution in [2.45, 2.75) is 50.0 Å². The Labute approximate surface area is 194 Å². The molecule has 0 spiro atoms. The summed E-state index contributed by atoms with van der Waals surface area (Å²) in [6.45, 7) is 0.736. The molecule has 2 fully saturated rings. The molecule has 2 aromatic carbocycles. The van der Waals surface area contributed by atoms with Crippen LogP contribution >= 0.6 is 0 Å². The molecule has 6 heteroatoms. The Morgan fingerprint density at radius 2 is 1.88 bits per heavy atom. The average molecular weight is 443 g/mol. The van der Waals surface area contributed by atoms with Gasteiger partial charge < -0.3 is 15.4 Å². The fourth-order valence-electron chi connectivity index (χ4n) is 5.61. The maximum Gasteiger partial charge on any atom is 0.233 e. The molecule has 170 valence electrons. The first-order valence-electron chi connectivity index (χ1n) is 11.8. The number of aromatic nitrogens is 2. The second kappa shape index (κ2) is 8.85. The zero-order valence-electron chi connectivity index (χ0n) is 19.0. The lowest BCUT2D eigenvalue weighted by atomic mass is 9.77. The van der Waals surface area contributed by atoms with E-state index < -0.39 is 5.41 Å². The maximum atomic E-state index is 14.2. The van der Waals surface area contributed by atoms with Gasteiger partial charge in [-0.25, -0.2) is 9.97 Å². The molecule has 1 aliphatic carbocycles. The summed E-state index contributed by atoms with van der Waals surface area (Å²) in [6, 6.07) is 18.0. The molecule has 1 aliphatic heterocycles. The number of nitrogens with two attached hydrogens (primary N) is 1. The molecule has 0 radical (unpaired) electrons. The van der Waals surface area contributed by atoms with Gasteiger partial charge in [0.1, 0.15) is 5.75 Å². The van der Waals surface area contributed by atoms with E-state index in [4.69, 9.17) is 10.5 Å². The van der Waals surface area contributed by atoms with Crippen LogP contribution in [-0.2, 0) is 10.2 Å². The number of likely N-dealkylation sites (tertiary alicyclic amines) is 1. The highest BCUT2D eigenvalue weighted by Gasteiger charge is 2.47. The smallest absolute Gasteiger partial charge is 0.233 e. The largest absolute Gasteiger partial charge is 0.497 e. The molecule has 33 heavy (non-hydrogen) atoms. The number of rotatable bonds is 5. The molecule has 5 rings (SSSR count). The molecule has 6 nitrogen and oxygen atoms in total. The van der Waals surface area contributed by atoms with E-state index in [-0.39, 0.29) is 17.9 Å². The quantitative estimate of drug-likeness (QED) is 0.607. The number of hydrogen-bond acceptors (Lipinski definition) is 5. The van der Waals surface area contributed by atoms with Crippen LogP contribution < -0.4 is 10.5 Å². The third-order valence-corrected chi connectivity index (χ3v) is 7.24. The number of carbonyl (C=O) groups is 1. The summed E-state index contributed by atoms with van der Waals surface area (Å²) in [5.41, 5.74) is 9.41. The molecule has 0 unspecified atom stereocenters. The second-order valence-electron chi connectivity index (χ2n) is 9.07. The molecule has 3 aromatic rings. The van der Waals surface area contributed by atoms with Gasteiger partial charge in [0.2, 0.25) is 11.9 Å². The molecule has 1 saturated carbocycles. The fourth-order valence-corrected chi connectivity index (χ4v) is 5.61. The van der Waals surface area contributed by atoms with E-state index in [0.717, 1.165) is 73.2 Å². The molecule has 1 amide bonds. The van der Waals surface area contributed by atoms with E-state index in [0.29, 0.717) is 0 Å². The topological polar surface area (TPSA) is 81.3 Å². The molecular weight excluding hydrogens is 412 g/mol. The van der Waals surface area contributed by atoms with Gasteiger partial charge >= 0.3 is 0 Å². The standard InChI is InChI=1S/C27H30N4O2/c1-33-21-12-7-9-19(17-21)22-18-29-26(28)30-24(22)23-13-8-16-31(23)25(32)27(14-5-6-15-27)20-10-3-2-4-11-20/h2-4,7,9-12,17-18,23H,5-6,8,13-16H2,1H3,(H2,28,29,30)/t23-/m0/s1. The third-order valence-electron chi connectivity index (χ3n) is 7.24. The van der Waals surface area contributed by atoms with E-state index in [1.165, 1.54) is 0 Å². The molecule has 2 aliphatic rings. The van der Waals surface area contributed by atoms with Crippen LogP contribution in [0.15, 0.2) is 60.8 Å². The van der Waals surface area contributed by atoms with Crippen LogP contribution in [0.4, 0.5) is 5.95 Å². The van der Waals surface area contributed by atoms with Gasteiger partial charge in [-0.1, -0.05) is 55.3 Å². The summed E-state index contributed by atoms with van der Waals surface area (Å²) in [5, 5.41) is 0. The van der Waals surface area contributed by atoms with E-state index in [1.807, 2.05) is 42.5 Å². The van der Waals surface area contributed by atoms with Crippen molar-refractivity contribution < 1.29 is 9.53 Å². The van der Waals surface area contributed by atoms with Crippen LogP contribution in [-0.4, -0.2) is 34.4 Å². The highest BCUT2D eigenvalue weighted by atomic mass is 16.5. The van der Waals surface area contributed by atoms with Crippen LogP contribution in [0.2, 0.25) is 0 Å². The van der Waals surface area contributed by atoms with Crippen molar-refractivity contribution in [3.8, 4) is 16.9 Å². The van der Waals surface area contributed by atoms with E-state index in [2.05, 4.69) is 27.0 Å². The van der Waals surface area contributed by atoms with E-state index in [9.17, 15) is 4.79 Å². The minimum atomic E-state index is -0.446. The first-order chi connectivity index (χ1) is 16.1. The average Bonchev–Trinajstić information content (AvgIpc) is 3.55. The fraction of sp³-hybridized carbons (Fsp3) is 0.370. The van der Waals surface area contributed by atoms with Crippen LogP contribution in [0.1, 0.15) is 55.8 Å². The van der Waals surface area contributed by atoms with Crippen molar-refractivity contribution in [3.05, 3.63) is 72.1 Å². The summed E-state index contributed by atoms with van der Waals surface area (Å²) < 4.78 is 5.42. The molecule has 1 saturated heterocycles. The Morgan fingerprint density at radius 3 is 2.64 bits per heavy atom. The van der Waals surface area contributed by atoms with E-state index >= 15 is 0 Å². The minimum Gasteiger partial charge on any atom is -0.497 e. The van der Waals surface area contributed by atoms with Gasteiger partial charge in [0.15, 0.2) is 0 Å². The number of anilines is 1. The predicted molar refractivity (Wildman–Crippen MR) is 129 cm³/mol. The van der Waals surface area contributed by atoms with Crippen molar-refractivity contribution in [3.63, 3.8) is 0 Å². The Hall–Kier alpha value is -3.41. The van der Waals surface area contributed by atoms with Gasteiger partial charge in [-0.3, -0.25) is 4.79 Å². The number of carbonyl (C=O) groups excluding carboxylic acids is 1. The molecule has 1 aromatic heterocycles. The summed E-state index contributed by atoms with van der Waals surface area (Å²) in [7, 11) is 1.65. The van der Waals surface area contributed by atoms with Crippen molar-refractivity contribution in [1.82, 2.24) is 14.9 Å². The zero-order valence-corrected chi connectivity index (χ0v) is 19.0. The van der Waals surface area contributed by atoms with Crippen LogP contribution in [0.5, 0.6) is 5.75 Å². The van der Waals surface area contributed by atoms with Gasteiger partial charge in [0, 0.05) is 18.3 Å². The Kier molecular flexibility index (Phi) is 5.75. The highest BCUT2D eigenvalue weighted by Crippen LogP contribution is 2.46. The normalized spacial score (nSPS) is 19.5. The van der Waals surface area contributed by atoms with Crippen LogP contribution in [0, 0.1) is 0 Å². The first kappa shape index (κ1) is 21.4. The Bertz CT molecular complexity index is 1140. The lowest BCUT2D eigenvalue weighted by Gasteiger charge is -2.36. The molecular formula is C27H30N4O2. The van der Waals surface area contributed by atoms with Crippen molar-refractivity contribution in [2.75, 3.05) is 19.4 Å². The Balaban J connectivity index is 1.55. The number of hydrogen-bond donors (Lipinski definition) is 1. The number of methoxy groups -OCH3 is 1. The van der Waals surface area contributed by atoms with Crippen LogP contribution in [0.25, 0.3) is 11.1 Å².